The van der Waals surface area contributed by atoms with Crippen molar-refractivity contribution in [2.75, 3.05) is 13.1 Å². The van der Waals surface area contributed by atoms with Crippen LogP contribution in [0.4, 0.5) is 26.3 Å². The predicted octanol–water partition coefficient (Wildman–Crippen LogP) is 4.12. The van der Waals surface area contributed by atoms with Crippen LogP contribution in [0.1, 0.15) is 30.7 Å². The third-order valence-electron chi connectivity index (χ3n) is 6.48. The Balaban J connectivity index is 0.000000239. The molecule has 2 fully saturated rings. The molecule has 208 valence electrons. The lowest BCUT2D eigenvalue weighted by Gasteiger charge is -2.35. The Morgan fingerprint density at radius 2 is 1.50 bits per heavy atom. The van der Waals surface area contributed by atoms with Gasteiger partial charge in [0, 0.05) is 37.4 Å². The van der Waals surface area contributed by atoms with Crippen molar-refractivity contribution < 1.29 is 54.6 Å². The lowest BCUT2D eigenvalue weighted by atomic mass is 9.91. The van der Waals surface area contributed by atoms with Gasteiger partial charge in [-0.2, -0.15) is 26.3 Å². The number of fused-ring (bicyclic) bond motifs is 3. The standard InChI is InChI=1S/C19H20N2O2S.2C2HF3O2/c22-24(23)18-7-6-13(14-3-2-8-20-10-14)9-16(18)17-11-21(12-19(17)24)15-4-1-5-15;2*3-2(4,5)1(6)7/h2-3,6-10,15,17,19H,1,4-5,11-12H2;2*(H,6,7). The summed E-state index contributed by atoms with van der Waals surface area (Å²) in [7, 11) is -3.19. The number of halogens is 6. The van der Waals surface area contributed by atoms with Crippen LogP contribution in [-0.2, 0) is 19.4 Å². The topological polar surface area (TPSA) is 125 Å². The molecule has 1 aromatic carbocycles. The second-order valence-electron chi connectivity index (χ2n) is 8.83. The van der Waals surface area contributed by atoms with Gasteiger partial charge in [-0.3, -0.25) is 9.88 Å². The number of carboxylic acids is 2. The molecule has 0 radical (unpaired) electrons. The van der Waals surface area contributed by atoms with E-state index in [9.17, 15) is 34.8 Å². The van der Waals surface area contributed by atoms with E-state index < -0.39 is 34.1 Å². The zero-order valence-corrected chi connectivity index (χ0v) is 20.2. The number of aliphatic carboxylic acids is 2. The number of hydrogen-bond donors (Lipinski definition) is 2. The van der Waals surface area contributed by atoms with Gasteiger partial charge in [0.15, 0.2) is 9.84 Å². The maximum absolute atomic E-state index is 12.9. The molecule has 2 aromatic rings. The van der Waals surface area contributed by atoms with E-state index in [4.69, 9.17) is 19.8 Å². The molecule has 15 heteroatoms. The van der Waals surface area contributed by atoms with Gasteiger partial charge in [0.1, 0.15) is 0 Å². The Kier molecular flexibility index (Phi) is 8.41. The molecule has 1 aliphatic carbocycles. The second kappa shape index (κ2) is 10.9. The minimum Gasteiger partial charge on any atom is -0.475 e. The average molecular weight is 568 g/mol. The van der Waals surface area contributed by atoms with Crippen LogP contribution in [0.2, 0.25) is 0 Å². The summed E-state index contributed by atoms with van der Waals surface area (Å²) in [5, 5.41) is 14.0. The Morgan fingerprint density at radius 1 is 0.921 bits per heavy atom. The highest BCUT2D eigenvalue weighted by Gasteiger charge is 2.51. The van der Waals surface area contributed by atoms with E-state index in [0.29, 0.717) is 17.5 Å². The van der Waals surface area contributed by atoms with E-state index in [1.54, 1.807) is 12.3 Å². The highest BCUT2D eigenvalue weighted by atomic mass is 32.2. The zero-order valence-electron chi connectivity index (χ0n) is 19.4. The number of alkyl halides is 6. The fraction of sp³-hybridized carbons (Fsp3) is 0.435. The van der Waals surface area contributed by atoms with Crippen molar-refractivity contribution in [1.29, 1.82) is 0 Å². The summed E-state index contributed by atoms with van der Waals surface area (Å²) in [5.41, 5.74) is 3.11. The number of likely N-dealkylation sites (tertiary alicyclic amines) is 1. The number of sulfone groups is 1. The first-order valence-electron chi connectivity index (χ1n) is 11.2. The van der Waals surface area contributed by atoms with Crippen molar-refractivity contribution in [2.45, 2.75) is 53.7 Å². The molecule has 5 rings (SSSR count). The minimum atomic E-state index is -5.08. The Hall–Kier alpha value is -3.20. The molecule has 3 heterocycles. The van der Waals surface area contributed by atoms with Crippen molar-refractivity contribution in [3.8, 4) is 11.1 Å². The first-order chi connectivity index (χ1) is 17.5. The number of carbonyl (C=O) groups is 2. The summed E-state index contributed by atoms with van der Waals surface area (Å²) in [6, 6.07) is 10.3. The van der Waals surface area contributed by atoms with Gasteiger partial charge in [-0.05, 0) is 47.7 Å². The SMILES string of the molecule is O=C(O)C(F)(F)F.O=C(O)C(F)(F)F.O=S1(=O)c2ccc(-c3cccnc3)cc2C2CN(C3CCC3)CC21. The minimum absolute atomic E-state index is 0.127. The molecule has 8 nitrogen and oxygen atoms in total. The molecule has 0 spiro atoms. The molecule has 0 bridgehead atoms. The number of pyridine rings is 1. The third-order valence-corrected chi connectivity index (χ3v) is 8.74. The van der Waals surface area contributed by atoms with E-state index in [-0.39, 0.29) is 11.2 Å². The van der Waals surface area contributed by atoms with E-state index in [2.05, 4.69) is 16.0 Å². The van der Waals surface area contributed by atoms with Crippen LogP contribution in [0.15, 0.2) is 47.6 Å². The lowest BCUT2D eigenvalue weighted by Crippen LogP contribution is -2.39. The number of benzene rings is 1. The summed E-state index contributed by atoms with van der Waals surface area (Å²) < 4.78 is 89.4. The highest BCUT2D eigenvalue weighted by molar-refractivity contribution is 7.92. The molecular weight excluding hydrogens is 546 g/mol. The number of carboxylic acid groups (broad SMARTS) is 2. The number of nitrogens with zero attached hydrogens (tertiary/aromatic N) is 2. The Labute approximate surface area is 212 Å². The van der Waals surface area contributed by atoms with Crippen LogP contribution in [0.3, 0.4) is 0 Å². The zero-order chi connectivity index (χ0) is 28.5. The smallest absolute Gasteiger partial charge is 0.475 e. The van der Waals surface area contributed by atoms with E-state index in [1.807, 2.05) is 24.4 Å². The molecule has 1 saturated carbocycles. The highest BCUT2D eigenvalue weighted by Crippen LogP contribution is 2.47. The quantitative estimate of drug-likeness (QED) is 0.519. The molecule has 0 amide bonds. The largest absolute Gasteiger partial charge is 0.490 e. The Bertz CT molecular complexity index is 1260. The van der Waals surface area contributed by atoms with Crippen molar-refractivity contribution in [3.05, 3.63) is 48.3 Å². The molecule has 1 aromatic heterocycles. The van der Waals surface area contributed by atoms with Gasteiger partial charge in [-0.1, -0.05) is 18.6 Å². The number of rotatable bonds is 2. The van der Waals surface area contributed by atoms with Crippen LogP contribution in [0.5, 0.6) is 0 Å². The fourth-order valence-electron chi connectivity index (χ4n) is 4.44. The maximum atomic E-state index is 12.9. The van der Waals surface area contributed by atoms with Crippen LogP contribution < -0.4 is 0 Å². The monoisotopic (exact) mass is 568 g/mol. The van der Waals surface area contributed by atoms with Gasteiger partial charge >= 0.3 is 24.3 Å². The van der Waals surface area contributed by atoms with Gasteiger partial charge in [0.2, 0.25) is 0 Å². The molecule has 38 heavy (non-hydrogen) atoms. The molecule has 2 atom stereocenters. The van der Waals surface area contributed by atoms with Crippen molar-refractivity contribution in [3.63, 3.8) is 0 Å². The van der Waals surface area contributed by atoms with Crippen molar-refractivity contribution in [1.82, 2.24) is 9.88 Å². The van der Waals surface area contributed by atoms with Crippen LogP contribution in [0.25, 0.3) is 11.1 Å². The van der Waals surface area contributed by atoms with Gasteiger partial charge in [0.25, 0.3) is 0 Å². The summed E-state index contributed by atoms with van der Waals surface area (Å²) in [6.45, 7) is 1.59. The van der Waals surface area contributed by atoms with Crippen LogP contribution in [0, 0.1) is 0 Å². The normalized spacial score (nSPS) is 22.1. The summed E-state index contributed by atoms with van der Waals surface area (Å²) in [5.74, 6) is -5.39. The molecule has 3 aliphatic rings. The summed E-state index contributed by atoms with van der Waals surface area (Å²) in [6.07, 6.45) is -2.85. The summed E-state index contributed by atoms with van der Waals surface area (Å²) >= 11 is 0. The van der Waals surface area contributed by atoms with Gasteiger partial charge < -0.3 is 10.2 Å². The maximum Gasteiger partial charge on any atom is 0.490 e. The molecule has 1 saturated heterocycles. The van der Waals surface area contributed by atoms with E-state index >= 15 is 0 Å². The van der Waals surface area contributed by atoms with Gasteiger partial charge in [-0.15, -0.1) is 0 Å². The van der Waals surface area contributed by atoms with Crippen molar-refractivity contribution in [2.24, 2.45) is 0 Å². The first-order valence-corrected chi connectivity index (χ1v) is 12.7. The van der Waals surface area contributed by atoms with Crippen LogP contribution in [-0.4, -0.2) is 77.2 Å². The summed E-state index contributed by atoms with van der Waals surface area (Å²) in [4.78, 5) is 24.9. The fourth-order valence-corrected chi connectivity index (χ4v) is 6.62. The predicted molar refractivity (Wildman–Crippen MR) is 120 cm³/mol. The van der Waals surface area contributed by atoms with Gasteiger partial charge in [0.05, 0.1) is 10.1 Å². The number of hydrogen-bond acceptors (Lipinski definition) is 6. The van der Waals surface area contributed by atoms with Gasteiger partial charge in [-0.25, -0.2) is 18.0 Å². The first kappa shape index (κ1) is 29.4. The third kappa shape index (κ3) is 6.43. The Morgan fingerprint density at radius 3 is 1.95 bits per heavy atom. The number of aromatic nitrogens is 1. The molecule has 2 unspecified atom stereocenters. The molecule has 2 aliphatic heterocycles. The molecular formula is C23H22F6N2O6S. The van der Waals surface area contributed by atoms with E-state index in [0.717, 1.165) is 23.2 Å². The average Bonchev–Trinajstić information content (AvgIpc) is 3.30. The lowest BCUT2D eigenvalue weighted by molar-refractivity contribution is -0.193. The van der Waals surface area contributed by atoms with Crippen molar-refractivity contribution >= 4 is 21.8 Å². The second-order valence-corrected chi connectivity index (χ2v) is 11.0. The van der Waals surface area contributed by atoms with Crippen LogP contribution >= 0.6 is 0 Å². The van der Waals surface area contributed by atoms with E-state index in [1.165, 1.54) is 19.3 Å². The molecule has 2 N–H and O–H groups in total.